The summed E-state index contributed by atoms with van der Waals surface area (Å²) < 4.78 is 13.6. The summed E-state index contributed by atoms with van der Waals surface area (Å²) in [6.45, 7) is 0.223. The third kappa shape index (κ3) is 3.78. The van der Waals surface area contributed by atoms with Gasteiger partial charge >= 0.3 is 6.03 Å². The lowest BCUT2D eigenvalue weighted by atomic mass is 10.2. The van der Waals surface area contributed by atoms with E-state index < -0.39 is 5.82 Å². The highest BCUT2D eigenvalue weighted by molar-refractivity contribution is 5.89. The molecule has 0 fully saturated rings. The average molecular weight is 235 g/mol. The van der Waals surface area contributed by atoms with Crippen LogP contribution in [0.2, 0.25) is 0 Å². The molecule has 0 aliphatic carbocycles. The first-order valence-corrected chi connectivity index (χ1v) is 5.01. The number of urea groups is 1. The molecule has 0 saturated heterocycles. The molecule has 17 heavy (non-hydrogen) atoms. The lowest BCUT2D eigenvalue weighted by Crippen LogP contribution is -2.27. The van der Waals surface area contributed by atoms with Gasteiger partial charge in [0.1, 0.15) is 5.82 Å². The molecule has 1 aromatic rings. The first-order chi connectivity index (χ1) is 8.04. The molecule has 3 N–H and O–H groups in total. The highest BCUT2D eigenvalue weighted by Crippen LogP contribution is 2.15. The van der Waals surface area contributed by atoms with E-state index in [4.69, 9.17) is 5.73 Å². The zero-order chi connectivity index (χ0) is 12.8. The molecule has 0 spiro atoms. The summed E-state index contributed by atoms with van der Waals surface area (Å²) in [5.74, 6) is 4.81. The zero-order valence-corrected chi connectivity index (χ0v) is 9.75. The second-order valence-corrected chi connectivity index (χ2v) is 3.53. The maximum absolute atomic E-state index is 13.6. The van der Waals surface area contributed by atoms with Crippen molar-refractivity contribution < 1.29 is 9.18 Å². The molecule has 5 heteroatoms. The summed E-state index contributed by atoms with van der Waals surface area (Å²) >= 11 is 0. The molecule has 1 aromatic carbocycles. The van der Waals surface area contributed by atoms with E-state index in [9.17, 15) is 9.18 Å². The third-order valence-electron chi connectivity index (χ3n) is 1.95. The first kappa shape index (κ1) is 13.0. The molecule has 0 aromatic heterocycles. The van der Waals surface area contributed by atoms with Gasteiger partial charge in [-0.05, 0) is 18.2 Å². The van der Waals surface area contributed by atoms with Crippen LogP contribution >= 0.6 is 0 Å². The molecule has 0 atom stereocenters. The molecule has 0 radical (unpaired) electrons. The Labute approximate surface area is 99.6 Å². The minimum Gasteiger partial charge on any atom is -0.331 e. The quantitative estimate of drug-likeness (QED) is 0.719. The van der Waals surface area contributed by atoms with E-state index >= 15 is 0 Å². The van der Waals surface area contributed by atoms with E-state index in [0.29, 0.717) is 5.56 Å². The van der Waals surface area contributed by atoms with E-state index in [1.54, 1.807) is 20.2 Å². The van der Waals surface area contributed by atoms with Crippen molar-refractivity contribution in [2.45, 2.75) is 0 Å². The lowest BCUT2D eigenvalue weighted by Gasteiger charge is -2.12. The van der Waals surface area contributed by atoms with Crippen LogP contribution in [0.5, 0.6) is 0 Å². The van der Waals surface area contributed by atoms with Crippen LogP contribution in [0.3, 0.4) is 0 Å². The minimum atomic E-state index is -0.524. The lowest BCUT2D eigenvalue weighted by molar-refractivity contribution is 0.230. The number of nitrogens with zero attached hydrogens (tertiary/aromatic N) is 1. The summed E-state index contributed by atoms with van der Waals surface area (Å²) in [7, 11) is 3.16. The number of rotatable bonds is 1. The first-order valence-electron chi connectivity index (χ1n) is 5.01. The fourth-order valence-corrected chi connectivity index (χ4v) is 1.07. The van der Waals surface area contributed by atoms with Gasteiger partial charge in [0.2, 0.25) is 0 Å². The van der Waals surface area contributed by atoms with Gasteiger partial charge in [0.15, 0.2) is 0 Å². The minimum absolute atomic E-state index is 0.127. The van der Waals surface area contributed by atoms with Crippen LogP contribution in [0.15, 0.2) is 18.2 Å². The molecule has 1 rings (SSSR count). The Bertz CT molecular complexity index is 474. The fraction of sp³-hybridized carbons (Fsp3) is 0.250. The number of nitrogens with two attached hydrogens (primary N) is 1. The van der Waals surface area contributed by atoms with E-state index in [1.807, 2.05) is 0 Å². The second-order valence-electron chi connectivity index (χ2n) is 3.53. The van der Waals surface area contributed by atoms with Crippen LogP contribution in [-0.2, 0) is 0 Å². The summed E-state index contributed by atoms with van der Waals surface area (Å²) in [6, 6.07) is 3.96. The fourth-order valence-electron chi connectivity index (χ4n) is 1.07. The second kappa shape index (κ2) is 5.87. The Kier molecular flexibility index (Phi) is 4.49. The Hall–Kier alpha value is -2.06. The Morgan fingerprint density at radius 3 is 2.76 bits per heavy atom. The van der Waals surface area contributed by atoms with Crippen molar-refractivity contribution in [3.05, 3.63) is 29.6 Å². The Balaban J connectivity index is 2.87. The largest absolute Gasteiger partial charge is 0.331 e. The van der Waals surface area contributed by atoms with Crippen molar-refractivity contribution in [2.75, 3.05) is 26.0 Å². The van der Waals surface area contributed by atoms with Crippen LogP contribution < -0.4 is 11.1 Å². The molecule has 0 aliphatic rings. The molecule has 0 unspecified atom stereocenters. The summed E-state index contributed by atoms with van der Waals surface area (Å²) in [6.07, 6.45) is 0. The van der Waals surface area contributed by atoms with E-state index in [1.165, 1.54) is 17.0 Å². The number of amides is 2. The number of anilines is 1. The molecule has 0 aliphatic heterocycles. The van der Waals surface area contributed by atoms with Crippen LogP contribution in [0.25, 0.3) is 0 Å². The maximum atomic E-state index is 13.6. The van der Waals surface area contributed by atoms with E-state index in [0.717, 1.165) is 0 Å². The van der Waals surface area contributed by atoms with Crippen molar-refractivity contribution in [1.29, 1.82) is 0 Å². The van der Waals surface area contributed by atoms with Crippen LogP contribution in [-0.4, -0.2) is 31.6 Å². The topological polar surface area (TPSA) is 58.4 Å². The van der Waals surface area contributed by atoms with Crippen LogP contribution in [0.4, 0.5) is 14.9 Å². The third-order valence-corrected chi connectivity index (χ3v) is 1.95. The smallest absolute Gasteiger partial charge is 0.321 e. The van der Waals surface area contributed by atoms with Gasteiger partial charge in [0, 0.05) is 19.7 Å². The summed E-state index contributed by atoms with van der Waals surface area (Å²) in [4.78, 5) is 12.6. The Morgan fingerprint density at radius 2 is 2.24 bits per heavy atom. The average Bonchev–Trinajstić information content (AvgIpc) is 2.29. The molecule has 0 saturated carbocycles. The van der Waals surface area contributed by atoms with Crippen LogP contribution in [0.1, 0.15) is 5.56 Å². The predicted octanol–water partition coefficient (Wildman–Crippen LogP) is 1.23. The summed E-state index contributed by atoms with van der Waals surface area (Å²) in [5.41, 5.74) is 5.86. The SMILES string of the molecule is CN(C)C(=O)Nc1ccc(C#CCN)cc1F. The normalized spacial score (nSPS) is 9.18. The van der Waals surface area contributed by atoms with Crippen molar-refractivity contribution in [3.8, 4) is 11.8 Å². The van der Waals surface area contributed by atoms with Gasteiger partial charge in [-0.15, -0.1) is 0 Å². The van der Waals surface area contributed by atoms with Crippen LogP contribution in [0, 0.1) is 17.7 Å². The molecule has 0 bridgehead atoms. The van der Waals surface area contributed by atoms with E-state index in [-0.39, 0.29) is 18.3 Å². The number of carbonyl (C=O) groups excluding carboxylic acids is 1. The zero-order valence-electron chi connectivity index (χ0n) is 9.75. The highest BCUT2D eigenvalue weighted by Gasteiger charge is 2.08. The molecular weight excluding hydrogens is 221 g/mol. The van der Waals surface area contributed by atoms with Crippen molar-refractivity contribution in [3.63, 3.8) is 0 Å². The van der Waals surface area contributed by atoms with Gasteiger partial charge in [-0.1, -0.05) is 11.8 Å². The van der Waals surface area contributed by atoms with Crippen molar-refractivity contribution >= 4 is 11.7 Å². The van der Waals surface area contributed by atoms with Gasteiger partial charge < -0.3 is 16.0 Å². The number of halogens is 1. The number of benzene rings is 1. The monoisotopic (exact) mass is 235 g/mol. The van der Waals surface area contributed by atoms with Crippen molar-refractivity contribution in [2.24, 2.45) is 5.73 Å². The van der Waals surface area contributed by atoms with Gasteiger partial charge in [-0.25, -0.2) is 9.18 Å². The van der Waals surface area contributed by atoms with E-state index in [2.05, 4.69) is 17.2 Å². The standard InChI is InChI=1S/C12H14FN3O/c1-16(2)12(17)15-11-6-5-9(4-3-7-14)8-10(11)13/h5-6,8H,7,14H2,1-2H3,(H,15,17). The number of nitrogens with one attached hydrogen (secondary N) is 1. The van der Waals surface area contributed by atoms with Gasteiger partial charge in [-0.3, -0.25) is 0 Å². The molecule has 90 valence electrons. The molecular formula is C12H14FN3O. The maximum Gasteiger partial charge on any atom is 0.321 e. The predicted molar refractivity (Wildman–Crippen MR) is 65.0 cm³/mol. The molecule has 4 nitrogen and oxygen atoms in total. The number of hydrogen-bond donors (Lipinski definition) is 2. The molecule has 2 amide bonds. The van der Waals surface area contributed by atoms with Gasteiger partial charge in [-0.2, -0.15) is 0 Å². The highest BCUT2D eigenvalue weighted by atomic mass is 19.1. The molecule has 0 heterocycles. The summed E-state index contributed by atoms with van der Waals surface area (Å²) in [5, 5.41) is 2.43. The van der Waals surface area contributed by atoms with Gasteiger partial charge in [0.25, 0.3) is 0 Å². The van der Waals surface area contributed by atoms with Gasteiger partial charge in [0.05, 0.1) is 12.2 Å². The van der Waals surface area contributed by atoms with Crippen molar-refractivity contribution in [1.82, 2.24) is 4.90 Å². The Morgan fingerprint density at radius 1 is 1.53 bits per heavy atom. The number of hydrogen-bond acceptors (Lipinski definition) is 2. The number of carbonyl (C=O) groups is 1.